The van der Waals surface area contributed by atoms with E-state index in [1.165, 1.54) is 10.7 Å². The first-order valence-electron chi connectivity index (χ1n) is 9.52. The van der Waals surface area contributed by atoms with Crippen LogP contribution in [-0.4, -0.2) is 51.5 Å². The molecule has 0 spiro atoms. The molecule has 0 radical (unpaired) electrons. The molecule has 1 saturated heterocycles. The van der Waals surface area contributed by atoms with E-state index in [9.17, 15) is 13.2 Å². The van der Waals surface area contributed by atoms with E-state index in [0.717, 1.165) is 31.2 Å². The minimum atomic E-state index is -3.44. The van der Waals surface area contributed by atoms with Gasteiger partial charge in [0.15, 0.2) is 0 Å². The molecule has 26 heavy (non-hydrogen) atoms. The van der Waals surface area contributed by atoms with Crippen LogP contribution in [0.25, 0.3) is 0 Å². The molecule has 0 bridgehead atoms. The maximum Gasteiger partial charge on any atom is 0.243 e. The molecule has 1 N–H and O–H groups in total. The Morgan fingerprint density at radius 3 is 2.38 bits per heavy atom. The Morgan fingerprint density at radius 2 is 1.73 bits per heavy atom. The van der Waals surface area contributed by atoms with Crippen LogP contribution >= 0.6 is 0 Å². The number of hydrogen-bond donors (Lipinski definition) is 1. The molecular weight excluding hydrogens is 352 g/mol. The van der Waals surface area contributed by atoms with E-state index in [2.05, 4.69) is 5.32 Å². The smallest absolute Gasteiger partial charge is 0.243 e. The minimum Gasteiger partial charge on any atom is -0.379 e. The average molecular weight is 381 g/mol. The van der Waals surface area contributed by atoms with E-state index < -0.39 is 10.0 Å². The van der Waals surface area contributed by atoms with Gasteiger partial charge in [0, 0.05) is 25.6 Å². The molecule has 1 aliphatic carbocycles. The van der Waals surface area contributed by atoms with Gasteiger partial charge in [-0.2, -0.15) is 4.31 Å². The number of ether oxygens (including phenoxy) is 1. The molecule has 144 valence electrons. The van der Waals surface area contributed by atoms with Crippen LogP contribution < -0.4 is 5.32 Å². The summed E-state index contributed by atoms with van der Waals surface area (Å²) in [5, 5.41) is 3.02. The number of sulfonamides is 1. The largest absolute Gasteiger partial charge is 0.379 e. The topological polar surface area (TPSA) is 75.7 Å². The van der Waals surface area contributed by atoms with E-state index in [1.807, 2.05) is 12.1 Å². The van der Waals surface area contributed by atoms with Gasteiger partial charge in [0.25, 0.3) is 0 Å². The number of benzene rings is 1. The van der Waals surface area contributed by atoms with Crippen LogP contribution in [-0.2, 0) is 26.0 Å². The average Bonchev–Trinajstić information content (AvgIpc) is 2.69. The van der Waals surface area contributed by atoms with E-state index in [-0.39, 0.29) is 11.8 Å². The second kappa shape index (κ2) is 8.97. The first-order chi connectivity index (χ1) is 12.6. The number of nitrogens with one attached hydrogen (secondary N) is 1. The molecule has 0 unspecified atom stereocenters. The van der Waals surface area contributed by atoms with Crippen LogP contribution in [0.2, 0.25) is 0 Å². The van der Waals surface area contributed by atoms with E-state index in [1.54, 1.807) is 12.1 Å². The number of hydrogen-bond acceptors (Lipinski definition) is 4. The van der Waals surface area contributed by atoms with E-state index in [0.29, 0.717) is 44.2 Å². The predicted molar refractivity (Wildman–Crippen MR) is 99.3 cm³/mol. The SMILES string of the molecule is O=C(NCCc1ccc(S(=O)(=O)N2CCOCC2)cc1)C1CCCCC1. The Morgan fingerprint density at radius 1 is 1.08 bits per heavy atom. The van der Waals surface area contributed by atoms with Crippen LogP contribution in [0.3, 0.4) is 0 Å². The third kappa shape index (κ3) is 4.84. The molecule has 0 atom stereocenters. The van der Waals surface area contributed by atoms with Crippen molar-refractivity contribution in [3.63, 3.8) is 0 Å². The van der Waals surface area contributed by atoms with Crippen LogP contribution in [0.4, 0.5) is 0 Å². The van der Waals surface area contributed by atoms with Crippen LogP contribution in [0, 0.1) is 5.92 Å². The van der Waals surface area contributed by atoms with Gasteiger partial charge in [-0.25, -0.2) is 8.42 Å². The monoisotopic (exact) mass is 380 g/mol. The fourth-order valence-electron chi connectivity index (χ4n) is 3.60. The van der Waals surface area contributed by atoms with Crippen molar-refractivity contribution in [2.45, 2.75) is 43.4 Å². The number of morpholine rings is 1. The van der Waals surface area contributed by atoms with Gasteiger partial charge in [-0.15, -0.1) is 0 Å². The Labute approximate surface area is 156 Å². The molecule has 7 heteroatoms. The fourth-order valence-corrected chi connectivity index (χ4v) is 5.01. The van der Waals surface area contributed by atoms with E-state index in [4.69, 9.17) is 4.74 Å². The van der Waals surface area contributed by atoms with Gasteiger partial charge in [-0.05, 0) is 37.0 Å². The Balaban J connectivity index is 1.50. The van der Waals surface area contributed by atoms with Gasteiger partial charge >= 0.3 is 0 Å². The number of rotatable bonds is 6. The molecule has 3 rings (SSSR count). The summed E-state index contributed by atoms with van der Waals surface area (Å²) in [4.78, 5) is 12.5. The van der Waals surface area contributed by atoms with Crippen molar-refractivity contribution in [1.29, 1.82) is 0 Å². The second-order valence-corrected chi connectivity index (χ2v) is 8.97. The fraction of sp³-hybridized carbons (Fsp3) is 0.632. The van der Waals surface area contributed by atoms with Crippen LogP contribution in [0.15, 0.2) is 29.2 Å². The molecule has 1 aromatic carbocycles. The summed E-state index contributed by atoms with van der Waals surface area (Å²) in [6.07, 6.45) is 6.24. The second-order valence-electron chi connectivity index (χ2n) is 7.04. The molecule has 1 heterocycles. The van der Waals surface area contributed by atoms with Crippen molar-refractivity contribution in [2.24, 2.45) is 5.92 Å². The van der Waals surface area contributed by atoms with Gasteiger partial charge < -0.3 is 10.1 Å². The van der Waals surface area contributed by atoms with Crippen molar-refractivity contribution in [2.75, 3.05) is 32.8 Å². The van der Waals surface area contributed by atoms with Crippen molar-refractivity contribution in [3.8, 4) is 0 Å². The number of nitrogens with zero attached hydrogens (tertiary/aromatic N) is 1. The zero-order valence-electron chi connectivity index (χ0n) is 15.2. The maximum absolute atomic E-state index is 12.6. The van der Waals surface area contributed by atoms with Crippen LogP contribution in [0.1, 0.15) is 37.7 Å². The quantitative estimate of drug-likeness (QED) is 0.818. The Kier molecular flexibility index (Phi) is 6.67. The van der Waals surface area contributed by atoms with E-state index >= 15 is 0 Å². The molecular formula is C19H28N2O4S. The summed E-state index contributed by atoms with van der Waals surface area (Å²) in [7, 11) is -3.44. The lowest BCUT2D eigenvalue weighted by Gasteiger charge is -2.26. The first kappa shape index (κ1) is 19.3. The lowest BCUT2D eigenvalue weighted by Crippen LogP contribution is -2.40. The van der Waals surface area contributed by atoms with Gasteiger partial charge in [0.1, 0.15) is 0 Å². The first-order valence-corrected chi connectivity index (χ1v) is 11.0. The zero-order chi connectivity index (χ0) is 18.4. The van der Waals surface area contributed by atoms with Crippen molar-refractivity contribution >= 4 is 15.9 Å². The number of amides is 1. The van der Waals surface area contributed by atoms with Crippen molar-refractivity contribution in [1.82, 2.24) is 9.62 Å². The highest BCUT2D eigenvalue weighted by Crippen LogP contribution is 2.23. The van der Waals surface area contributed by atoms with Crippen LogP contribution in [0.5, 0.6) is 0 Å². The highest BCUT2D eigenvalue weighted by Gasteiger charge is 2.26. The summed E-state index contributed by atoms with van der Waals surface area (Å²) >= 11 is 0. The van der Waals surface area contributed by atoms with Gasteiger partial charge in [-0.3, -0.25) is 4.79 Å². The van der Waals surface area contributed by atoms with Gasteiger partial charge in [-0.1, -0.05) is 31.4 Å². The lowest BCUT2D eigenvalue weighted by molar-refractivity contribution is -0.125. The van der Waals surface area contributed by atoms with Crippen molar-refractivity contribution < 1.29 is 17.9 Å². The highest BCUT2D eigenvalue weighted by molar-refractivity contribution is 7.89. The zero-order valence-corrected chi connectivity index (χ0v) is 16.0. The number of carbonyl (C=O) groups is 1. The van der Waals surface area contributed by atoms with Gasteiger partial charge in [0.05, 0.1) is 18.1 Å². The molecule has 2 fully saturated rings. The minimum absolute atomic E-state index is 0.163. The third-order valence-corrected chi connectivity index (χ3v) is 7.13. The third-order valence-electron chi connectivity index (χ3n) is 5.22. The molecule has 1 saturated carbocycles. The summed E-state index contributed by atoms with van der Waals surface area (Å²) in [5.41, 5.74) is 1.02. The molecule has 0 aromatic heterocycles. The molecule has 1 amide bonds. The standard InChI is InChI=1S/C19H28N2O4S/c22-19(17-4-2-1-3-5-17)20-11-10-16-6-8-18(9-7-16)26(23,24)21-12-14-25-15-13-21/h6-9,17H,1-5,10-15H2,(H,20,22). The number of carbonyl (C=O) groups excluding carboxylic acids is 1. The maximum atomic E-state index is 12.6. The molecule has 1 aromatic rings. The summed E-state index contributed by atoms with van der Waals surface area (Å²) in [6, 6.07) is 6.98. The normalized spacial score (nSPS) is 20.0. The summed E-state index contributed by atoms with van der Waals surface area (Å²) < 4.78 is 31.9. The highest BCUT2D eigenvalue weighted by atomic mass is 32.2. The summed E-state index contributed by atoms with van der Waals surface area (Å²) in [6.45, 7) is 2.27. The summed E-state index contributed by atoms with van der Waals surface area (Å²) in [5.74, 6) is 0.334. The van der Waals surface area contributed by atoms with Crippen molar-refractivity contribution in [3.05, 3.63) is 29.8 Å². The molecule has 1 aliphatic heterocycles. The Bertz CT molecular complexity index is 691. The van der Waals surface area contributed by atoms with Gasteiger partial charge in [0.2, 0.25) is 15.9 Å². The lowest BCUT2D eigenvalue weighted by atomic mass is 9.88. The Hall–Kier alpha value is -1.44. The molecule has 2 aliphatic rings. The molecule has 6 nitrogen and oxygen atoms in total. The predicted octanol–water partition coefficient (Wildman–Crippen LogP) is 1.95.